The van der Waals surface area contributed by atoms with Crippen LogP contribution in [0.2, 0.25) is 0 Å². The highest BCUT2D eigenvalue weighted by Crippen LogP contribution is 2.37. The molecule has 356 valence electrons. The number of H-pyrrole nitrogens is 3. The fraction of sp³-hybridized carbons (Fsp3) is 0.196. The van der Waals surface area contributed by atoms with Crippen molar-refractivity contribution in [3.05, 3.63) is 207 Å². The number of aromatic amines is 3. The van der Waals surface area contributed by atoms with E-state index in [9.17, 15) is 9.59 Å². The van der Waals surface area contributed by atoms with Gasteiger partial charge in [-0.25, -0.2) is 4.99 Å². The van der Waals surface area contributed by atoms with Crippen LogP contribution in [0.1, 0.15) is 89.5 Å². The van der Waals surface area contributed by atoms with Crippen LogP contribution in [0.3, 0.4) is 0 Å². The summed E-state index contributed by atoms with van der Waals surface area (Å²) in [5.41, 5.74) is 50.4. The summed E-state index contributed by atoms with van der Waals surface area (Å²) in [5, 5.41) is 7.69. The Morgan fingerprint density at radius 3 is 1.50 bits per heavy atom. The van der Waals surface area contributed by atoms with Gasteiger partial charge in [0.05, 0.1) is 29.4 Å². The lowest BCUT2D eigenvalue weighted by Crippen LogP contribution is -2.35. The molecule has 9 rings (SSSR count). The normalized spacial score (nSPS) is 15.2. The highest BCUT2D eigenvalue weighted by atomic mass is 16.2. The highest BCUT2D eigenvalue weighted by Gasteiger charge is 2.26. The summed E-state index contributed by atoms with van der Waals surface area (Å²) in [4.78, 5) is 42.9. The number of nitrogens with one attached hydrogen (secondary N) is 5. The Morgan fingerprint density at radius 1 is 0.514 bits per heavy atom. The van der Waals surface area contributed by atoms with E-state index in [4.69, 9.17) is 39.4 Å². The van der Waals surface area contributed by atoms with Gasteiger partial charge in [-0.15, -0.1) is 0 Å². The first-order valence-electron chi connectivity index (χ1n) is 23.9. The average molecular weight is 933 g/mol. The molecule has 0 saturated heterocycles. The van der Waals surface area contributed by atoms with Crippen LogP contribution >= 0.6 is 0 Å². The maximum absolute atomic E-state index is 13.1. The van der Waals surface area contributed by atoms with Crippen molar-refractivity contribution in [1.82, 2.24) is 15.0 Å². The van der Waals surface area contributed by atoms with Gasteiger partial charge in [0.1, 0.15) is 0 Å². The molecular weight excluding hydrogens is 873 g/mol. The van der Waals surface area contributed by atoms with Crippen molar-refractivity contribution in [2.75, 3.05) is 35.2 Å². The van der Waals surface area contributed by atoms with E-state index in [-0.39, 0.29) is 17.7 Å². The molecule has 0 fully saturated rings. The van der Waals surface area contributed by atoms with Gasteiger partial charge in [0, 0.05) is 72.9 Å². The second-order valence-corrected chi connectivity index (χ2v) is 17.9. The summed E-state index contributed by atoms with van der Waals surface area (Å²) in [6, 6.07) is 42.7. The van der Waals surface area contributed by atoms with Crippen LogP contribution in [-0.2, 0) is 9.59 Å². The molecule has 14 heteroatoms. The number of unbranched alkanes of at least 4 members (excludes halogenated alkanes) is 2. The molecule has 7 aromatic rings. The number of amides is 2. The monoisotopic (exact) mass is 932 g/mol. The van der Waals surface area contributed by atoms with E-state index in [1.165, 1.54) is 0 Å². The molecule has 0 spiro atoms. The summed E-state index contributed by atoms with van der Waals surface area (Å²) in [5.74, 6) is -0.763. The molecule has 0 saturated carbocycles. The Bertz CT molecular complexity index is 3210. The van der Waals surface area contributed by atoms with Crippen LogP contribution in [0.4, 0.5) is 22.7 Å². The molecule has 0 radical (unpaired) electrons. The van der Waals surface area contributed by atoms with Gasteiger partial charge in [-0.05, 0) is 158 Å². The number of nitrogens with zero attached hydrogens (tertiary/aromatic N) is 1. The van der Waals surface area contributed by atoms with E-state index in [1.807, 2.05) is 109 Å². The Morgan fingerprint density at radius 2 is 0.971 bits per heavy atom. The van der Waals surface area contributed by atoms with Gasteiger partial charge >= 0.3 is 0 Å². The number of nitrogens with two attached hydrogens (primary N) is 6. The van der Waals surface area contributed by atoms with E-state index >= 15 is 0 Å². The molecule has 3 atom stereocenters. The standard InChI is InChI=1S/C56H60N12O2/c57-31-3-1-5-41(61)55(69)63-39-19-11-35(12-20-39)53-47-27-23-43(65-47)51(33-7-15-37(59)16-8-33)45-25-29-49(67-45)54(36-13-21-40(22-14-36)64-56(70)42(62)6-2-4-32-58)50-30-26-46(68-50)52(44-24-28-48(53)66-44)34-9-17-38(60)18-10-34/h7-30,41-42,53,65-67H,1-6,31-32,57-62H2,(H,63,69)(H,64,70)/t41-,42-,53?/m0/s1. The number of carbonyl (C=O) groups excluding carboxylic acids is 2. The number of aromatic nitrogens is 3. The molecule has 3 aromatic heterocycles. The number of fused-ring (bicyclic) bond motifs is 7. The molecule has 17 N–H and O–H groups in total. The lowest BCUT2D eigenvalue weighted by Gasteiger charge is -2.18. The lowest BCUT2D eigenvalue weighted by molar-refractivity contribution is -0.118. The molecule has 70 heavy (non-hydrogen) atoms. The Balaban J connectivity index is 1.20. The van der Waals surface area contributed by atoms with Gasteiger partial charge in [-0.1, -0.05) is 61.4 Å². The highest BCUT2D eigenvalue weighted by molar-refractivity contribution is 6.30. The fourth-order valence-corrected chi connectivity index (χ4v) is 9.17. The van der Waals surface area contributed by atoms with Crippen molar-refractivity contribution in [3.8, 4) is 0 Å². The van der Waals surface area contributed by atoms with Gasteiger partial charge in [0.2, 0.25) is 11.8 Å². The minimum atomic E-state index is -0.636. The second-order valence-electron chi connectivity index (χ2n) is 17.9. The molecule has 2 aliphatic rings. The van der Waals surface area contributed by atoms with Crippen LogP contribution in [0.5, 0.6) is 0 Å². The summed E-state index contributed by atoms with van der Waals surface area (Å²) < 4.78 is 0. The first-order chi connectivity index (χ1) is 34.1. The van der Waals surface area contributed by atoms with Crippen LogP contribution in [0.15, 0.2) is 156 Å². The third-order valence-electron chi connectivity index (χ3n) is 12.9. The lowest BCUT2D eigenvalue weighted by atomic mass is 9.92. The van der Waals surface area contributed by atoms with Crippen molar-refractivity contribution in [2.45, 2.75) is 56.5 Å². The molecule has 1 unspecified atom stereocenters. The zero-order chi connectivity index (χ0) is 48.7. The third-order valence-corrected chi connectivity index (χ3v) is 12.9. The van der Waals surface area contributed by atoms with Gasteiger partial charge in [-0.3, -0.25) is 9.59 Å². The second kappa shape index (κ2) is 21.1. The smallest absolute Gasteiger partial charge is 0.241 e. The molecule has 5 heterocycles. The first kappa shape index (κ1) is 47.1. The SMILES string of the molecule is NCCCC[C@H](N)C(=O)Nc1ccc(C2=c3ccc([nH]3)=C(c3ccc(N)cc3)c3ccc([nH]3)C(c3ccc(NC(=O)[C@@H](N)CCCCN)cc3)c3ccc([nH]3)C(c3ccc(N)cc3)=C3C=CC2=N3)cc1. The van der Waals surface area contributed by atoms with E-state index in [1.54, 1.807) is 0 Å². The molecule has 2 aliphatic heterocycles. The van der Waals surface area contributed by atoms with Crippen LogP contribution < -0.4 is 55.7 Å². The Labute approximate surface area is 406 Å². The minimum absolute atomic E-state index is 0.232. The average Bonchev–Trinajstić information content (AvgIpc) is 4.22. The van der Waals surface area contributed by atoms with Crippen molar-refractivity contribution in [2.24, 2.45) is 27.9 Å². The largest absolute Gasteiger partial charge is 0.399 e. The number of allylic oxidation sites excluding steroid dienone is 2. The van der Waals surface area contributed by atoms with Gasteiger partial charge in [0.25, 0.3) is 0 Å². The van der Waals surface area contributed by atoms with E-state index in [0.29, 0.717) is 48.7 Å². The van der Waals surface area contributed by atoms with E-state index < -0.39 is 12.1 Å². The van der Waals surface area contributed by atoms with Crippen molar-refractivity contribution >= 4 is 57.0 Å². The van der Waals surface area contributed by atoms with Crippen LogP contribution in [-0.4, -0.2) is 57.7 Å². The number of rotatable bonds is 16. The van der Waals surface area contributed by atoms with Crippen LogP contribution in [0, 0.1) is 0 Å². The molecule has 0 aliphatic carbocycles. The molecule has 2 amide bonds. The van der Waals surface area contributed by atoms with E-state index in [2.05, 4.69) is 62.0 Å². The molecule has 4 aromatic carbocycles. The number of hydrogen-bond donors (Lipinski definition) is 11. The maximum Gasteiger partial charge on any atom is 0.241 e. The third kappa shape index (κ3) is 10.4. The van der Waals surface area contributed by atoms with Gasteiger partial charge in [-0.2, -0.15) is 0 Å². The number of carbonyl (C=O) groups is 2. The quantitative estimate of drug-likeness (QED) is 0.0401. The number of benzene rings is 4. The Hall–Kier alpha value is -8.01. The zero-order valence-corrected chi connectivity index (χ0v) is 39.0. The van der Waals surface area contributed by atoms with Crippen molar-refractivity contribution < 1.29 is 9.59 Å². The van der Waals surface area contributed by atoms with Crippen molar-refractivity contribution in [3.63, 3.8) is 0 Å². The minimum Gasteiger partial charge on any atom is -0.399 e. The van der Waals surface area contributed by atoms with E-state index in [0.717, 1.165) is 110 Å². The molecular formula is C56H60N12O2. The first-order valence-corrected chi connectivity index (χ1v) is 23.9. The zero-order valence-electron chi connectivity index (χ0n) is 39.0. The Kier molecular flexibility index (Phi) is 14.2. The summed E-state index contributed by atoms with van der Waals surface area (Å²) in [6.07, 6.45) is 8.41. The van der Waals surface area contributed by atoms with Crippen LogP contribution in [0.25, 0.3) is 16.7 Å². The topological polar surface area (TPSA) is 274 Å². The predicted octanol–water partition coefficient (Wildman–Crippen LogP) is 6.04. The fourth-order valence-electron chi connectivity index (χ4n) is 9.17. The van der Waals surface area contributed by atoms with Crippen molar-refractivity contribution in [1.29, 1.82) is 0 Å². The summed E-state index contributed by atoms with van der Waals surface area (Å²) in [7, 11) is 0. The summed E-state index contributed by atoms with van der Waals surface area (Å²) in [6.45, 7) is 1.13. The maximum atomic E-state index is 13.1. The number of nitrogen functional groups attached to an aromatic ring is 2. The van der Waals surface area contributed by atoms with Gasteiger partial charge in [0.15, 0.2) is 0 Å². The number of aliphatic imine (C=N–C) groups is 1. The molecule has 14 nitrogen and oxygen atoms in total. The summed E-state index contributed by atoms with van der Waals surface area (Å²) >= 11 is 0. The number of hydrogen-bond acceptors (Lipinski definition) is 9. The van der Waals surface area contributed by atoms with Gasteiger partial charge < -0.3 is 60.0 Å². The number of anilines is 4. The predicted molar refractivity (Wildman–Crippen MR) is 283 cm³/mol. The molecule has 8 bridgehead atoms.